The molecule has 1 unspecified atom stereocenters. The fourth-order valence-electron chi connectivity index (χ4n) is 1.84. The van der Waals surface area contributed by atoms with E-state index in [4.69, 9.17) is 0 Å². The monoisotopic (exact) mass is 217 g/mol. The second kappa shape index (κ2) is 6.83. The zero-order chi connectivity index (χ0) is 11.8. The van der Waals surface area contributed by atoms with E-state index in [2.05, 4.69) is 18.5 Å². The predicted molar refractivity (Wildman–Crippen MR) is 68.0 cm³/mol. The minimum absolute atomic E-state index is 0.160. The molecule has 16 heavy (non-hydrogen) atoms. The van der Waals surface area contributed by atoms with Gasteiger partial charge in [0.25, 0.3) is 0 Å². The molecule has 0 spiro atoms. The van der Waals surface area contributed by atoms with Crippen molar-refractivity contribution in [2.75, 3.05) is 6.54 Å². The summed E-state index contributed by atoms with van der Waals surface area (Å²) < 4.78 is 0. The SMILES string of the molecule is C=C/C=C\C=C(/C=C)C1CCCC(=O)NC1. The van der Waals surface area contributed by atoms with Gasteiger partial charge in [-0.2, -0.15) is 0 Å². The Morgan fingerprint density at radius 1 is 1.38 bits per heavy atom. The van der Waals surface area contributed by atoms with Gasteiger partial charge in [0.2, 0.25) is 5.91 Å². The minimum atomic E-state index is 0.160. The summed E-state index contributed by atoms with van der Waals surface area (Å²) in [4.78, 5) is 11.2. The molecule has 1 heterocycles. The maximum absolute atomic E-state index is 11.2. The largest absolute Gasteiger partial charge is 0.355 e. The van der Waals surface area contributed by atoms with E-state index in [1.54, 1.807) is 6.08 Å². The number of nitrogens with one attached hydrogen (secondary N) is 1. The molecule has 1 atom stereocenters. The standard InChI is InChI=1S/C14H19NO/c1-3-5-6-8-12(4-2)13-9-7-10-14(16)15-11-13/h3-6,8,13H,1-2,7,9-11H2,(H,15,16)/b6-5-,12-8+. The lowest BCUT2D eigenvalue weighted by Crippen LogP contribution is -2.26. The Bertz CT molecular complexity index is 326. The van der Waals surface area contributed by atoms with Crippen LogP contribution in [0.2, 0.25) is 0 Å². The maximum atomic E-state index is 11.2. The van der Waals surface area contributed by atoms with Gasteiger partial charge in [-0.25, -0.2) is 0 Å². The van der Waals surface area contributed by atoms with Gasteiger partial charge in [-0.15, -0.1) is 0 Å². The highest BCUT2D eigenvalue weighted by molar-refractivity contribution is 5.76. The first-order valence-corrected chi connectivity index (χ1v) is 5.66. The van der Waals surface area contributed by atoms with Gasteiger partial charge in [-0.3, -0.25) is 4.79 Å². The fourth-order valence-corrected chi connectivity index (χ4v) is 1.84. The van der Waals surface area contributed by atoms with Crippen LogP contribution >= 0.6 is 0 Å². The van der Waals surface area contributed by atoms with E-state index in [1.807, 2.05) is 24.3 Å². The summed E-state index contributed by atoms with van der Waals surface area (Å²) in [6.07, 6.45) is 12.1. The van der Waals surface area contributed by atoms with Gasteiger partial charge in [0.05, 0.1) is 0 Å². The average Bonchev–Trinajstić information content (AvgIpc) is 2.50. The molecule has 2 heteroatoms. The van der Waals surface area contributed by atoms with E-state index >= 15 is 0 Å². The molecule has 0 aromatic rings. The second-order valence-electron chi connectivity index (χ2n) is 3.88. The highest BCUT2D eigenvalue weighted by atomic mass is 16.1. The lowest BCUT2D eigenvalue weighted by Gasteiger charge is -2.14. The summed E-state index contributed by atoms with van der Waals surface area (Å²) in [6, 6.07) is 0. The number of carbonyl (C=O) groups excluding carboxylic acids is 1. The molecule has 86 valence electrons. The fraction of sp³-hybridized carbons (Fsp3) is 0.357. The maximum Gasteiger partial charge on any atom is 0.220 e. The van der Waals surface area contributed by atoms with Crippen molar-refractivity contribution in [3.05, 3.63) is 49.1 Å². The molecular formula is C14H19NO. The highest BCUT2D eigenvalue weighted by Crippen LogP contribution is 2.21. The van der Waals surface area contributed by atoms with Crippen molar-refractivity contribution in [1.29, 1.82) is 0 Å². The first-order valence-electron chi connectivity index (χ1n) is 5.66. The Morgan fingerprint density at radius 3 is 2.88 bits per heavy atom. The van der Waals surface area contributed by atoms with Crippen LogP contribution in [0.1, 0.15) is 19.3 Å². The van der Waals surface area contributed by atoms with Crippen LogP contribution in [0.25, 0.3) is 0 Å². The summed E-state index contributed by atoms with van der Waals surface area (Å²) in [5.41, 5.74) is 1.18. The summed E-state index contributed by atoms with van der Waals surface area (Å²) in [6.45, 7) is 8.17. The van der Waals surface area contributed by atoms with Crippen molar-refractivity contribution >= 4 is 5.91 Å². The van der Waals surface area contributed by atoms with Crippen LogP contribution in [0.4, 0.5) is 0 Å². The van der Waals surface area contributed by atoms with Crippen molar-refractivity contribution in [1.82, 2.24) is 5.32 Å². The quantitative estimate of drug-likeness (QED) is 0.721. The first kappa shape index (κ1) is 12.5. The third-order valence-corrected chi connectivity index (χ3v) is 2.75. The molecule has 0 aliphatic carbocycles. The van der Waals surface area contributed by atoms with Gasteiger partial charge in [-0.05, 0) is 18.4 Å². The number of hydrogen-bond donors (Lipinski definition) is 1. The minimum Gasteiger partial charge on any atom is -0.355 e. The normalized spacial score (nSPS) is 22.6. The molecule has 1 N–H and O–H groups in total. The molecule has 1 aliphatic rings. The average molecular weight is 217 g/mol. The van der Waals surface area contributed by atoms with Crippen LogP contribution < -0.4 is 5.32 Å². The first-order chi connectivity index (χ1) is 7.77. The number of carbonyl (C=O) groups is 1. The zero-order valence-corrected chi connectivity index (χ0v) is 9.61. The van der Waals surface area contributed by atoms with E-state index in [0.29, 0.717) is 12.3 Å². The molecule has 0 saturated carbocycles. The van der Waals surface area contributed by atoms with Crippen molar-refractivity contribution in [3.63, 3.8) is 0 Å². The van der Waals surface area contributed by atoms with Crippen LogP contribution in [-0.4, -0.2) is 12.5 Å². The second-order valence-corrected chi connectivity index (χ2v) is 3.88. The van der Waals surface area contributed by atoms with E-state index < -0.39 is 0 Å². The van der Waals surface area contributed by atoms with Gasteiger partial charge in [0, 0.05) is 18.9 Å². The Kier molecular flexibility index (Phi) is 5.34. The van der Waals surface area contributed by atoms with Crippen molar-refractivity contribution in [3.8, 4) is 0 Å². The number of rotatable bonds is 4. The third kappa shape index (κ3) is 3.89. The molecule has 0 radical (unpaired) electrons. The molecule has 1 saturated heterocycles. The Morgan fingerprint density at radius 2 is 2.19 bits per heavy atom. The molecule has 1 rings (SSSR count). The molecule has 2 nitrogen and oxygen atoms in total. The van der Waals surface area contributed by atoms with Crippen LogP contribution in [0, 0.1) is 5.92 Å². The van der Waals surface area contributed by atoms with Gasteiger partial charge in [-0.1, -0.05) is 43.5 Å². The predicted octanol–water partition coefficient (Wildman–Crippen LogP) is 2.76. The Hall–Kier alpha value is -1.57. The number of allylic oxidation sites excluding steroid dienone is 5. The van der Waals surface area contributed by atoms with Gasteiger partial charge in [0.15, 0.2) is 0 Å². The van der Waals surface area contributed by atoms with E-state index in [0.717, 1.165) is 19.4 Å². The highest BCUT2D eigenvalue weighted by Gasteiger charge is 2.17. The molecule has 1 amide bonds. The Labute approximate surface area is 97.4 Å². The lowest BCUT2D eigenvalue weighted by molar-refractivity contribution is -0.120. The number of amides is 1. The number of hydrogen-bond acceptors (Lipinski definition) is 1. The molecule has 1 aliphatic heterocycles. The van der Waals surface area contributed by atoms with Crippen LogP contribution in [0.3, 0.4) is 0 Å². The van der Waals surface area contributed by atoms with Crippen molar-refractivity contribution in [2.24, 2.45) is 5.92 Å². The summed E-state index contributed by atoms with van der Waals surface area (Å²) in [7, 11) is 0. The lowest BCUT2D eigenvalue weighted by atomic mass is 9.94. The Balaban J connectivity index is 2.67. The topological polar surface area (TPSA) is 29.1 Å². The molecule has 0 aromatic carbocycles. The van der Waals surface area contributed by atoms with Gasteiger partial charge in [0.1, 0.15) is 0 Å². The smallest absolute Gasteiger partial charge is 0.220 e. The van der Waals surface area contributed by atoms with Crippen molar-refractivity contribution < 1.29 is 4.79 Å². The molecule has 1 fully saturated rings. The summed E-state index contributed by atoms with van der Waals surface area (Å²) >= 11 is 0. The van der Waals surface area contributed by atoms with Crippen LogP contribution in [-0.2, 0) is 4.79 Å². The van der Waals surface area contributed by atoms with E-state index in [-0.39, 0.29) is 5.91 Å². The van der Waals surface area contributed by atoms with Crippen LogP contribution in [0.15, 0.2) is 49.1 Å². The molecule has 0 aromatic heterocycles. The zero-order valence-electron chi connectivity index (χ0n) is 9.61. The van der Waals surface area contributed by atoms with Gasteiger partial charge < -0.3 is 5.32 Å². The van der Waals surface area contributed by atoms with E-state index in [9.17, 15) is 4.79 Å². The van der Waals surface area contributed by atoms with Crippen molar-refractivity contribution in [2.45, 2.75) is 19.3 Å². The van der Waals surface area contributed by atoms with E-state index in [1.165, 1.54) is 5.57 Å². The van der Waals surface area contributed by atoms with Gasteiger partial charge >= 0.3 is 0 Å². The van der Waals surface area contributed by atoms with Crippen LogP contribution in [0.5, 0.6) is 0 Å². The summed E-state index contributed by atoms with van der Waals surface area (Å²) in [5.74, 6) is 0.547. The third-order valence-electron chi connectivity index (χ3n) is 2.75. The molecular weight excluding hydrogens is 198 g/mol. The molecule has 0 bridgehead atoms. The summed E-state index contributed by atoms with van der Waals surface area (Å²) in [5, 5.41) is 2.93.